The molecule has 2 nitrogen and oxygen atoms in total. The molecule has 0 atom stereocenters. The second-order valence-electron chi connectivity index (χ2n) is 3.58. The van der Waals surface area contributed by atoms with Crippen molar-refractivity contribution in [1.29, 1.82) is 0 Å². The molecule has 14 heavy (non-hydrogen) atoms. The van der Waals surface area contributed by atoms with Crippen molar-refractivity contribution in [2.45, 2.75) is 19.9 Å². The van der Waals surface area contributed by atoms with Gasteiger partial charge in [-0.25, -0.2) is 0 Å². The third kappa shape index (κ3) is 1.69. The smallest absolute Gasteiger partial charge is 0.0568 e. The van der Waals surface area contributed by atoms with Crippen molar-refractivity contribution in [3.8, 4) is 11.1 Å². The maximum absolute atomic E-state index is 4.29. The Balaban J connectivity index is 2.34. The average molecular weight is 185 g/mol. The summed E-state index contributed by atoms with van der Waals surface area (Å²) in [7, 11) is 0. The van der Waals surface area contributed by atoms with E-state index in [0.717, 1.165) is 11.1 Å². The van der Waals surface area contributed by atoms with E-state index in [1.165, 1.54) is 0 Å². The van der Waals surface area contributed by atoms with Gasteiger partial charge in [-0.15, -0.1) is 0 Å². The van der Waals surface area contributed by atoms with Crippen LogP contribution in [0.4, 0.5) is 0 Å². The molecular weight excluding hydrogens is 172 g/mol. The van der Waals surface area contributed by atoms with Gasteiger partial charge in [0.25, 0.3) is 0 Å². The van der Waals surface area contributed by atoms with E-state index in [9.17, 15) is 0 Å². The van der Waals surface area contributed by atoms with Crippen LogP contribution < -0.4 is 0 Å². The molecule has 1 radical (unpaired) electrons. The van der Waals surface area contributed by atoms with Gasteiger partial charge in [0.1, 0.15) is 0 Å². The highest BCUT2D eigenvalue weighted by Crippen LogP contribution is 2.18. The fourth-order valence-corrected chi connectivity index (χ4v) is 1.33. The Labute approximate surface area is 84.2 Å². The zero-order valence-corrected chi connectivity index (χ0v) is 8.44. The molecule has 0 saturated carbocycles. The second-order valence-corrected chi connectivity index (χ2v) is 3.58. The zero-order chi connectivity index (χ0) is 9.97. The van der Waals surface area contributed by atoms with Gasteiger partial charge in [-0.05, 0) is 25.5 Å². The number of aromatic nitrogens is 2. The zero-order valence-electron chi connectivity index (χ0n) is 8.44. The average Bonchev–Trinajstić information content (AvgIpc) is 2.68. The molecular formula is C12H13N2. The Morgan fingerprint density at radius 3 is 2.79 bits per heavy atom. The lowest BCUT2D eigenvalue weighted by Gasteiger charge is -2.02. The van der Waals surface area contributed by atoms with Crippen LogP contribution in [0.25, 0.3) is 11.1 Å². The lowest BCUT2D eigenvalue weighted by Crippen LogP contribution is -1.99. The first-order chi connectivity index (χ1) is 6.77. The Morgan fingerprint density at radius 1 is 1.36 bits per heavy atom. The summed E-state index contributed by atoms with van der Waals surface area (Å²) in [6.07, 6.45) is 3.93. The maximum atomic E-state index is 4.29. The van der Waals surface area contributed by atoms with Crippen molar-refractivity contribution in [2.24, 2.45) is 0 Å². The van der Waals surface area contributed by atoms with Crippen molar-refractivity contribution in [2.75, 3.05) is 0 Å². The van der Waals surface area contributed by atoms with E-state index >= 15 is 0 Å². The SMILES string of the molecule is CC(C)n1cc(-c2[c]cccc2)cn1. The molecule has 1 heterocycles. The Hall–Kier alpha value is -1.57. The van der Waals surface area contributed by atoms with Gasteiger partial charge in [0, 0.05) is 17.8 Å². The molecule has 71 valence electrons. The molecule has 1 aromatic carbocycles. The predicted octanol–water partition coefficient (Wildman–Crippen LogP) is 2.93. The van der Waals surface area contributed by atoms with Crippen molar-refractivity contribution in [1.82, 2.24) is 9.78 Å². The van der Waals surface area contributed by atoms with Crippen LogP contribution >= 0.6 is 0 Å². The van der Waals surface area contributed by atoms with Crippen molar-refractivity contribution >= 4 is 0 Å². The van der Waals surface area contributed by atoms with Gasteiger partial charge in [0.15, 0.2) is 0 Å². The normalized spacial score (nSPS) is 10.8. The number of hydrogen-bond acceptors (Lipinski definition) is 1. The van der Waals surface area contributed by atoms with Gasteiger partial charge in [-0.2, -0.15) is 5.10 Å². The number of rotatable bonds is 2. The number of hydrogen-bond donors (Lipinski definition) is 0. The van der Waals surface area contributed by atoms with Crippen LogP contribution in [0.3, 0.4) is 0 Å². The van der Waals surface area contributed by atoms with Gasteiger partial charge in [0.05, 0.1) is 6.20 Å². The first kappa shape index (κ1) is 9.00. The summed E-state index contributed by atoms with van der Waals surface area (Å²) < 4.78 is 1.95. The third-order valence-corrected chi connectivity index (χ3v) is 2.15. The predicted molar refractivity (Wildman–Crippen MR) is 56.9 cm³/mol. The fraction of sp³-hybridized carbons (Fsp3) is 0.250. The minimum Gasteiger partial charge on any atom is -0.270 e. The maximum Gasteiger partial charge on any atom is 0.0568 e. The highest BCUT2D eigenvalue weighted by molar-refractivity contribution is 5.60. The first-order valence-electron chi connectivity index (χ1n) is 4.78. The van der Waals surface area contributed by atoms with Crippen LogP contribution in [0.1, 0.15) is 19.9 Å². The largest absolute Gasteiger partial charge is 0.270 e. The Bertz CT molecular complexity index is 401. The monoisotopic (exact) mass is 185 g/mol. The van der Waals surface area contributed by atoms with E-state index in [4.69, 9.17) is 0 Å². The van der Waals surface area contributed by atoms with E-state index in [1.807, 2.05) is 35.1 Å². The van der Waals surface area contributed by atoms with E-state index < -0.39 is 0 Å². The van der Waals surface area contributed by atoms with Crippen molar-refractivity contribution < 1.29 is 0 Å². The summed E-state index contributed by atoms with van der Waals surface area (Å²) in [6.45, 7) is 4.23. The third-order valence-electron chi connectivity index (χ3n) is 2.15. The van der Waals surface area contributed by atoms with Crippen LogP contribution in [0.2, 0.25) is 0 Å². The second kappa shape index (κ2) is 3.66. The minimum atomic E-state index is 0.410. The van der Waals surface area contributed by atoms with Crippen molar-refractivity contribution in [3.63, 3.8) is 0 Å². The molecule has 0 N–H and O–H groups in total. The van der Waals surface area contributed by atoms with Crippen LogP contribution in [-0.4, -0.2) is 9.78 Å². The molecule has 1 aromatic heterocycles. The summed E-state index contributed by atoms with van der Waals surface area (Å²) >= 11 is 0. The van der Waals surface area contributed by atoms with Gasteiger partial charge in [0.2, 0.25) is 0 Å². The van der Waals surface area contributed by atoms with E-state index in [-0.39, 0.29) is 0 Å². The first-order valence-corrected chi connectivity index (χ1v) is 4.78. The summed E-state index contributed by atoms with van der Waals surface area (Å²) in [4.78, 5) is 0. The van der Waals surface area contributed by atoms with Gasteiger partial charge in [-0.1, -0.05) is 24.3 Å². The number of benzene rings is 1. The lowest BCUT2D eigenvalue weighted by molar-refractivity contribution is 0.532. The van der Waals surface area contributed by atoms with Crippen LogP contribution in [0, 0.1) is 6.07 Å². The van der Waals surface area contributed by atoms with Crippen LogP contribution in [-0.2, 0) is 0 Å². The molecule has 0 saturated heterocycles. The quantitative estimate of drug-likeness (QED) is 0.703. The molecule has 0 bridgehead atoms. The number of nitrogens with zero attached hydrogens (tertiary/aromatic N) is 2. The van der Waals surface area contributed by atoms with Crippen LogP contribution in [0.5, 0.6) is 0 Å². The Morgan fingerprint density at radius 2 is 2.21 bits per heavy atom. The molecule has 0 aliphatic rings. The molecule has 0 amide bonds. The summed E-state index contributed by atoms with van der Waals surface area (Å²) in [5.74, 6) is 0. The molecule has 2 aromatic rings. The van der Waals surface area contributed by atoms with Crippen molar-refractivity contribution in [3.05, 3.63) is 42.7 Å². The summed E-state index contributed by atoms with van der Waals surface area (Å²) in [6, 6.07) is 11.5. The van der Waals surface area contributed by atoms with E-state index in [1.54, 1.807) is 0 Å². The molecule has 0 aliphatic carbocycles. The van der Waals surface area contributed by atoms with E-state index in [2.05, 4.69) is 31.2 Å². The molecule has 0 fully saturated rings. The molecule has 2 heteroatoms. The standard InChI is InChI=1S/C12H13N2/c1-10(2)14-9-12(8-13-14)11-6-4-3-5-7-11/h3-6,8-10H,1-2H3. The van der Waals surface area contributed by atoms with Gasteiger partial charge < -0.3 is 0 Å². The highest BCUT2D eigenvalue weighted by Gasteiger charge is 2.02. The van der Waals surface area contributed by atoms with E-state index in [0.29, 0.717) is 6.04 Å². The topological polar surface area (TPSA) is 17.8 Å². The minimum absolute atomic E-state index is 0.410. The van der Waals surface area contributed by atoms with Crippen LogP contribution in [0.15, 0.2) is 36.7 Å². The molecule has 2 rings (SSSR count). The fourth-order valence-electron chi connectivity index (χ4n) is 1.33. The summed E-state index contributed by atoms with van der Waals surface area (Å²) in [5.41, 5.74) is 2.22. The molecule has 0 unspecified atom stereocenters. The highest BCUT2D eigenvalue weighted by atomic mass is 15.3. The molecule has 0 aliphatic heterocycles. The van der Waals surface area contributed by atoms with Gasteiger partial charge >= 0.3 is 0 Å². The summed E-state index contributed by atoms with van der Waals surface area (Å²) in [5, 5.41) is 4.29. The molecule has 0 spiro atoms. The van der Waals surface area contributed by atoms with Gasteiger partial charge in [-0.3, -0.25) is 4.68 Å². The Kier molecular flexibility index (Phi) is 2.35. The lowest BCUT2D eigenvalue weighted by atomic mass is 10.1.